The van der Waals surface area contributed by atoms with Gasteiger partial charge in [-0.15, -0.1) is 0 Å². The second-order valence-electron chi connectivity index (χ2n) is 7.17. The molecule has 2 heterocycles. The van der Waals surface area contributed by atoms with E-state index in [9.17, 15) is 10.1 Å². The Bertz CT molecular complexity index is 948. The van der Waals surface area contributed by atoms with Crippen molar-refractivity contribution in [3.63, 3.8) is 0 Å². The van der Waals surface area contributed by atoms with E-state index in [1.165, 1.54) is 12.0 Å². The van der Waals surface area contributed by atoms with Crippen LogP contribution in [0.25, 0.3) is 5.57 Å². The average molecular weight is 376 g/mol. The Hall–Kier alpha value is -3.33. The molecule has 0 saturated carbocycles. The zero-order chi connectivity index (χ0) is 20.3. The normalized spacial score (nSPS) is 19.1. The van der Waals surface area contributed by atoms with Crippen molar-refractivity contribution in [2.45, 2.75) is 20.3 Å². The standard InChI is InChI=1S/C22H24N4O2/c1-15(2)9-11-26-12-10-16(17-7-5-6-8-20(17)26)13-18-19(14-23)22(27)25(3)21(18)24-28-4/h5-8,10,12-13,15H,9,11H2,1-4H3/b16-13+,24-21+. The molecule has 0 fully saturated rings. The smallest absolute Gasteiger partial charge is 0.270 e. The van der Waals surface area contributed by atoms with Gasteiger partial charge >= 0.3 is 0 Å². The molecule has 2 aliphatic heterocycles. The summed E-state index contributed by atoms with van der Waals surface area (Å²) < 4.78 is 0. The SMILES string of the molecule is CO/N=C1\C(/C=C2\C=CN(CCC(C)C)c3ccccc32)=C(C#N)C(=O)N1C. The van der Waals surface area contributed by atoms with Gasteiger partial charge in [0.2, 0.25) is 0 Å². The number of nitrogens with zero attached hydrogens (tertiary/aromatic N) is 4. The number of oxime groups is 1. The zero-order valence-corrected chi connectivity index (χ0v) is 16.6. The lowest BCUT2D eigenvalue weighted by Crippen LogP contribution is -2.27. The molecule has 1 amide bonds. The number of carbonyl (C=O) groups excluding carboxylic acids is 1. The van der Waals surface area contributed by atoms with Gasteiger partial charge in [0.1, 0.15) is 18.8 Å². The molecular weight excluding hydrogens is 352 g/mol. The Morgan fingerprint density at radius 3 is 2.75 bits per heavy atom. The molecule has 1 aromatic rings. The van der Waals surface area contributed by atoms with Crippen molar-refractivity contribution in [1.82, 2.24) is 4.90 Å². The molecule has 144 valence electrons. The van der Waals surface area contributed by atoms with E-state index in [2.05, 4.69) is 36.2 Å². The van der Waals surface area contributed by atoms with E-state index in [1.54, 1.807) is 7.05 Å². The maximum Gasteiger partial charge on any atom is 0.270 e. The Balaban J connectivity index is 2.06. The number of allylic oxidation sites excluding steroid dienone is 2. The monoisotopic (exact) mass is 376 g/mol. The highest BCUT2D eigenvalue weighted by molar-refractivity contribution is 6.24. The molecule has 0 unspecified atom stereocenters. The molecule has 0 bridgehead atoms. The minimum absolute atomic E-state index is 0.0684. The van der Waals surface area contributed by atoms with E-state index >= 15 is 0 Å². The summed E-state index contributed by atoms with van der Waals surface area (Å²) in [6.07, 6.45) is 6.99. The Labute approximate surface area is 165 Å². The summed E-state index contributed by atoms with van der Waals surface area (Å²) in [5.74, 6) is 0.579. The van der Waals surface area contributed by atoms with Crippen LogP contribution in [0.4, 0.5) is 5.69 Å². The molecule has 0 N–H and O–H groups in total. The molecule has 6 heteroatoms. The van der Waals surface area contributed by atoms with Gasteiger partial charge in [0.05, 0.1) is 0 Å². The molecule has 0 radical (unpaired) electrons. The number of anilines is 1. The molecule has 6 nitrogen and oxygen atoms in total. The van der Waals surface area contributed by atoms with Crippen molar-refractivity contribution < 1.29 is 9.63 Å². The van der Waals surface area contributed by atoms with Gasteiger partial charge in [-0.25, -0.2) is 0 Å². The van der Waals surface area contributed by atoms with Crippen molar-refractivity contribution in [1.29, 1.82) is 5.26 Å². The van der Waals surface area contributed by atoms with E-state index < -0.39 is 0 Å². The number of benzene rings is 1. The number of likely N-dealkylation sites (N-methyl/N-ethyl adjacent to an activating group) is 1. The van der Waals surface area contributed by atoms with Crippen LogP contribution < -0.4 is 4.90 Å². The van der Waals surface area contributed by atoms with Crippen LogP contribution in [0, 0.1) is 17.2 Å². The number of hydrogen-bond acceptors (Lipinski definition) is 5. The Morgan fingerprint density at radius 2 is 2.07 bits per heavy atom. The maximum atomic E-state index is 12.4. The molecule has 2 aliphatic rings. The number of nitriles is 1. The topological polar surface area (TPSA) is 68.9 Å². The van der Waals surface area contributed by atoms with Crippen molar-refractivity contribution in [3.05, 3.63) is 59.3 Å². The number of carbonyl (C=O) groups is 1. The lowest BCUT2D eigenvalue weighted by Gasteiger charge is -2.28. The van der Waals surface area contributed by atoms with Gasteiger partial charge < -0.3 is 9.74 Å². The summed E-state index contributed by atoms with van der Waals surface area (Å²) in [6.45, 7) is 5.36. The third kappa shape index (κ3) is 3.56. The number of fused-ring (bicyclic) bond motifs is 1. The van der Waals surface area contributed by atoms with E-state index in [1.807, 2.05) is 36.4 Å². The van der Waals surface area contributed by atoms with Crippen LogP contribution in [0.1, 0.15) is 25.8 Å². The quantitative estimate of drug-likeness (QED) is 0.735. The van der Waals surface area contributed by atoms with Gasteiger partial charge in [0, 0.05) is 36.6 Å². The molecule has 0 aromatic heterocycles. The lowest BCUT2D eigenvalue weighted by molar-refractivity contribution is -0.121. The zero-order valence-electron chi connectivity index (χ0n) is 16.6. The van der Waals surface area contributed by atoms with Crippen LogP contribution in [-0.2, 0) is 9.63 Å². The highest BCUT2D eigenvalue weighted by atomic mass is 16.6. The van der Waals surface area contributed by atoms with Gasteiger partial charge in [0.25, 0.3) is 5.91 Å². The second kappa shape index (κ2) is 8.13. The number of amides is 1. The molecule has 0 aliphatic carbocycles. The summed E-state index contributed by atoms with van der Waals surface area (Å²) in [4.78, 5) is 20.8. The second-order valence-corrected chi connectivity index (χ2v) is 7.17. The van der Waals surface area contributed by atoms with E-state index in [-0.39, 0.29) is 11.5 Å². The first-order chi connectivity index (χ1) is 13.5. The van der Waals surface area contributed by atoms with Crippen LogP contribution in [0.5, 0.6) is 0 Å². The van der Waals surface area contributed by atoms with Crippen LogP contribution in [0.3, 0.4) is 0 Å². The Kier molecular flexibility index (Phi) is 5.65. The number of para-hydroxylation sites is 1. The van der Waals surface area contributed by atoms with Crippen LogP contribution in [-0.4, -0.2) is 37.3 Å². The summed E-state index contributed by atoms with van der Waals surface area (Å²) in [5.41, 5.74) is 3.63. The van der Waals surface area contributed by atoms with Gasteiger partial charge in [-0.3, -0.25) is 9.69 Å². The minimum Gasteiger partial charge on any atom is -0.397 e. The van der Waals surface area contributed by atoms with E-state index in [0.29, 0.717) is 17.3 Å². The Morgan fingerprint density at radius 1 is 1.32 bits per heavy atom. The molecular formula is C22H24N4O2. The van der Waals surface area contributed by atoms with Crippen LogP contribution in [0.2, 0.25) is 0 Å². The van der Waals surface area contributed by atoms with Crippen LogP contribution in [0.15, 0.2) is 58.9 Å². The fraction of sp³-hybridized carbons (Fsp3) is 0.318. The summed E-state index contributed by atoms with van der Waals surface area (Å²) in [5, 5.41) is 13.4. The summed E-state index contributed by atoms with van der Waals surface area (Å²) >= 11 is 0. The van der Waals surface area contributed by atoms with E-state index in [4.69, 9.17) is 4.84 Å². The van der Waals surface area contributed by atoms with Crippen molar-refractivity contribution >= 4 is 23.0 Å². The van der Waals surface area contributed by atoms with Crippen LogP contribution >= 0.6 is 0 Å². The highest BCUT2D eigenvalue weighted by Crippen LogP contribution is 2.35. The van der Waals surface area contributed by atoms with E-state index in [0.717, 1.165) is 29.8 Å². The first-order valence-corrected chi connectivity index (χ1v) is 9.27. The third-order valence-corrected chi connectivity index (χ3v) is 4.84. The summed E-state index contributed by atoms with van der Waals surface area (Å²) in [6, 6.07) is 10.2. The summed E-state index contributed by atoms with van der Waals surface area (Å²) in [7, 11) is 3.00. The highest BCUT2D eigenvalue weighted by Gasteiger charge is 2.34. The molecule has 1 aromatic carbocycles. The largest absolute Gasteiger partial charge is 0.397 e. The lowest BCUT2D eigenvalue weighted by atomic mass is 9.96. The minimum atomic E-state index is -0.378. The fourth-order valence-electron chi connectivity index (χ4n) is 3.30. The molecule has 0 spiro atoms. The maximum absolute atomic E-state index is 12.4. The van der Waals surface area contributed by atoms with Crippen molar-refractivity contribution in [2.75, 3.05) is 25.6 Å². The molecule has 3 rings (SSSR count). The number of amidine groups is 1. The first-order valence-electron chi connectivity index (χ1n) is 9.27. The van der Waals surface area contributed by atoms with Gasteiger partial charge in [-0.05, 0) is 36.1 Å². The third-order valence-electron chi connectivity index (χ3n) is 4.84. The first kappa shape index (κ1) is 19.4. The molecule has 0 atom stereocenters. The number of hydrogen-bond donors (Lipinski definition) is 0. The molecule has 0 saturated heterocycles. The average Bonchev–Trinajstić information content (AvgIpc) is 2.91. The predicted octanol–water partition coefficient (Wildman–Crippen LogP) is 3.70. The fourth-order valence-corrected chi connectivity index (χ4v) is 3.30. The molecule has 28 heavy (non-hydrogen) atoms. The number of rotatable bonds is 5. The van der Waals surface area contributed by atoms with Gasteiger partial charge in [-0.1, -0.05) is 37.2 Å². The van der Waals surface area contributed by atoms with Gasteiger partial charge in [-0.2, -0.15) is 5.26 Å². The van der Waals surface area contributed by atoms with Gasteiger partial charge in [0.15, 0.2) is 5.84 Å². The van der Waals surface area contributed by atoms with Crippen molar-refractivity contribution in [3.8, 4) is 6.07 Å². The predicted molar refractivity (Wildman–Crippen MR) is 110 cm³/mol. The van der Waals surface area contributed by atoms with Crippen molar-refractivity contribution in [2.24, 2.45) is 11.1 Å².